The lowest BCUT2D eigenvalue weighted by Crippen LogP contribution is -2.41. The molecule has 2 aromatic rings. The molecule has 0 bridgehead atoms. The van der Waals surface area contributed by atoms with E-state index in [0.29, 0.717) is 0 Å². The molecule has 1 fully saturated rings. The van der Waals surface area contributed by atoms with Crippen molar-refractivity contribution in [1.29, 1.82) is 0 Å². The average molecular weight is 355 g/mol. The molecule has 110 valence electrons. The van der Waals surface area contributed by atoms with Crippen LogP contribution in [0.2, 0.25) is 0 Å². The topological polar surface area (TPSA) is 49.2 Å². The number of nitrogens with zero attached hydrogens (tertiary/aromatic N) is 3. The summed E-state index contributed by atoms with van der Waals surface area (Å²) in [5, 5.41) is 0. The van der Waals surface area contributed by atoms with E-state index >= 15 is 0 Å². The molecule has 1 saturated heterocycles. The number of halogens is 1. The highest BCUT2D eigenvalue weighted by atomic mass is 79.9. The van der Waals surface area contributed by atoms with Crippen LogP contribution in [0.3, 0.4) is 0 Å². The molecular weight excluding hydrogens is 333 g/mol. The van der Waals surface area contributed by atoms with Crippen LogP contribution in [-0.4, -0.2) is 32.9 Å². The lowest BCUT2D eigenvalue weighted by atomic mass is 9.80. The second kappa shape index (κ2) is 4.93. The third-order valence-corrected chi connectivity index (χ3v) is 4.11. The van der Waals surface area contributed by atoms with Gasteiger partial charge in [-0.05, 0) is 49.7 Å². The van der Waals surface area contributed by atoms with Gasteiger partial charge < -0.3 is 13.9 Å². The van der Waals surface area contributed by atoms with Gasteiger partial charge in [0.2, 0.25) is 0 Å². The van der Waals surface area contributed by atoms with Crippen molar-refractivity contribution in [2.45, 2.75) is 38.9 Å². The van der Waals surface area contributed by atoms with Gasteiger partial charge in [0.15, 0.2) is 0 Å². The molecule has 3 rings (SSSR count). The molecule has 0 unspecified atom stereocenters. The van der Waals surface area contributed by atoms with Crippen LogP contribution in [0.25, 0.3) is 5.69 Å². The third kappa shape index (κ3) is 2.65. The second-order valence-electron chi connectivity index (χ2n) is 5.76. The van der Waals surface area contributed by atoms with Gasteiger partial charge in [-0.1, -0.05) is 0 Å². The minimum atomic E-state index is -1.01. The summed E-state index contributed by atoms with van der Waals surface area (Å²) < 4.78 is 53.6. The Kier molecular flexibility index (Phi) is 2.29. The minimum Gasteiger partial charge on any atom is -0.399 e. The number of aromatic nitrogens is 3. The summed E-state index contributed by atoms with van der Waals surface area (Å²) in [6.45, 7) is 7.41. The van der Waals surface area contributed by atoms with E-state index in [2.05, 4.69) is 25.9 Å². The van der Waals surface area contributed by atoms with Crippen LogP contribution >= 0.6 is 15.9 Å². The van der Waals surface area contributed by atoms with Gasteiger partial charge >= 0.3 is 7.12 Å². The normalized spacial score (nSPS) is 23.3. The summed E-state index contributed by atoms with van der Waals surface area (Å²) in [7, 11) is -1.01. The van der Waals surface area contributed by atoms with Crippen LogP contribution in [0.4, 0.5) is 0 Å². The van der Waals surface area contributed by atoms with Crippen molar-refractivity contribution in [3.8, 4) is 5.69 Å². The van der Waals surface area contributed by atoms with E-state index in [9.17, 15) is 0 Å². The first-order chi connectivity index (χ1) is 11.9. The minimum absolute atomic E-state index is 0.0540. The monoisotopic (exact) mass is 354 g/mol. The molecule has 0 aromatic carbocycles. The Bertz CT molecular complexity index is 889. The fraction of sp³-hybridized carbons (Fsp3) is 0.429. The van der Waals surface area contributed by atoms with Crippen molar-refractivity contribution in [2.24, 2.45) is 0 Å². The molecule has 0 N–H and O–H groups in total. The Morgan fingerprint density at radius 2 is 1.90 bits per heavy atom. The lowest BCUT2D eigenvalue weighted by Gasteiger charge is -2.32. The van der Waals surface area contributed by atoms with Gasteiger partial charge in [0.25, 0.3) is 0 Å². The molecule has 2 aromatic heterocycles. The van der Waals surface area contributed by atoms with Gasteiger partial charge in [-0.3, -0.25) is 4.98 Å². The number of pyridine rings is 1. The van der Waals surface area contributed by atoms with E-state index in [1.807, 2.05) is 27.7 Å². The van der Waals surface area contributed by atoms with E-state index in [1.165, 1.54) is 0 Å². The van der Waals surface area contributed by atoms with Crippen molar-refractivity contribution in [3.05, 3.63) is 35.5 Å². The Balaban J connectivity index is 2.21. The lowest BCUT2D eigenvalue weighted by molar-refractivity contribution is 0.00578. The second-order valence-corrected chi connectivity index (χ2v) is 6.51. The van der Waals surface area contributed by atoms with Crippen molar-refractivity contribution in [1.82, 2.24) is 14.5 Å². The van der Waals surface area contributed by atoms with Crippen molar-refractivity contribution in [2.75, 3.05) is 0 Å². The molecule has 0 saturated carbocycles. The van der Waals surface area contributed by atoms with Crippen molar-refractivity contribution >= 4 is 28.5 Å². The summed E-state index contributed by atoms with van der Waals surface area (Å²) in [5.74, 6) is 0. The Morgan fingerprint density at radius 1 is 1.24 bits per heavy atom. The van der Waals surface area contributed by atoms with Crippen LogP contribution in [-0.2, 0) is 9.31 Å². The number of rotatable bonds is 2. The van der Waals surface area contributed by atoms with Crippen molar-refractivity contribution < 1.29 is 16.2 Å². The Hall–Kier alpha value is -1.18. The van der Waals surface area contributed by atoms with Gasteiger partial charge in [0, 0.05) is 17.8 Å². The quantitative estimate of drug-likeness (QED) is 0.776. The van der Waals surface area contributed by atoms with Gasteiger partial charge in [0.05, 0.1) is 28.5 Å². The highest BCUT2D eigenvalue weighted by Crippen LogP contribution is 2.36. The summed E-state index contributed by atoms with van der Waals surface area (Å²) in [6.07, 6.45) is -1.20. The summed E-state index contributed by atoms with van der Waals surface area (Å²) >= 11 is 3.07. The summed E-state index contributed by atoms with van der Waals surface area (Å²) in [6, 6.07) is -0.250. The highest BCUT2D eigenvalue weighted by molar-refractivity contribution is 9.10. The zero-order valence-electron chi connectivity index (χ0n) is 17.1. The largest absolute Gasteiger partial charge is 0.496 e. The number of hydrogen-bond donors (Lipinski definition) is 0. The average Bonchev–Trinajstić information content (AvgIpc) is 2.84. The molecule has 7 heteroatoms. The van der Waals surface area contributed by atoms with Gasteiger partial charge in [0.1, 0.15) is 12.3 Å². The maximum atomic E-state index is 8.52. The Morgan fingerprint density at radius 3 is 2.48 bits per heavy atom. The van der Waals surface area contributed by atoms with E-state index in [-0.39, 0.29) is 40.4 Å². The fourth-order valence-corrected chi connectivity index (χ4v) is 2.10. The summed E-state index contributed by atoms with van der Waals surface area (Å²) in [5.41, 5.74) is -1.40. The Labute approximate surface area is 140 Å². The van der Waals surface area contributed by atoms with Crippen LogP contribution in [0.1, 0.15) is 34.5 Å². The van der Waals surface area contributed by atoms with Gasteiger partial charge in [-0.15, -0.1) is 0 Å². The SMILES string of the molecule is [2H]c1nc([2H])c(-n2c([2H])nc(Br)c2[2H])c([2H])c1B1OC(C)(C)C(C)(C)O1. The van der Waals surface area contributed by atoms with E-state index in [0.717, 1.165) is 4.57 Å². The molecule has 1 aliphatic heterocycles. The smallest absolute Gasteiger partial charge is 0.399 e. The van der Waals surface area contributed by atoms with Crippen LogP contribution < -0.4 is 5.46 Å². The third-order valence-electron chi connectivity index (χ3n) is 3.76. The van der Waals surface area contributed by atoms with E-state index < -0.39 is 24.5 Å². The van der Waals surface area contributed by atoms with Crippen molar-refractivity contribution in [3.63, 3.8) is 0 Å². The number of imidazole rings is 1. The van der Waals surface area contributed by atoms with Gasteiger partial charge in [-0.2, -0.15) is 0 Å². The molecule has 0 radical (unpaired) electrons. The fourth-order valence-electron chi connectivity index (χ4n) is 1.85. The molecule has 0 spiro atoms. The molecule has 0 amide bonds. The van der Waals surface area contributed by atoms with Crippen LogP contribution in [0, 0.1) is 0 Å². The molecule has 21 heavy (non-hydrogen) atoms. The maximum Gasteiger partial charge on any atom is 0.496 e. The predicted octanol–water partition coefficient (Wildman–Crippen LogP) is 2.33. The molecule has 3 heterocycles. The zero-order chi connectivity index (χ0) is 19.6. The molecule has 0 aliphatic carbocycles. The number of hydrogen-bond acceptors (Lipinski definition) is 4. The van der Waals surface area contributed by atoms with Gasteiger partial charge in [-0.25, -0.2) is 4.98 Å². The van der Waals surface area contributed by atoms with E-state index in [1.54, 1.807) is 0 Å². The first-order valence-electron chi connectivity index (χ1n) is 8.92. The maximum absolute atomic E-state index is 8.52. The van der Waals surface area contributed by atoms with E-state index in [4.69, 9.17) is 16.2 Å². The predicted molar refractivity (Wildman–Crippen MR) is 84.8 cm³/mol. The molecule has 5 nitrogen and oxygen atoms in total. The molecular formula is C14H17BBrN3O2. The first-order valence-corrected chi connectivity index (χ1v) is 7.22. The molecule has 0 atom stereocenters. The summed E-state index contributed by atoms with van der Waals surface area (Å²) in [4.78, 5) is 7.69. The van der Waals surface area contributed by atoms with Crippen LogP contribution in [0.15, 0.2) is 35.5 Å². The standard InChI is InChI=1S/C14H17BBrN3O2/c1-13(2)14(3,4)21-15(20-13)10-5-11(7-17-6-10)19-8-12(16)18-9-19/h5-9H,1-4H3/i5D,6D,7D,8D,9D. The molecule has 1 aliphatic rings. The van der Waals surface area contributed by atoms with Crippen LogP contribution in [0.5, 0.6) is 0 Å². The first kappa shape index (κ1) is 9.76. The highest BCUT2D eigenvalue weighted by Gasteiger charge is 2.51. The zero-order valence-corrected chi connectivity index (χ0v) is 13.7.